The molecule has 12 nitrogen and oxygen atoms in total. The Morgan fingerprint density at radius 1 is 0.893 bits per heavy atom. The maximum absolute atomic E-state index is 10.6. The van der Waals surface area contributed by atoms with Gasteiger partial charge in [-0.25, -0.2) is 0 Å². The van der Waals surface area contributed by atoms with Gasteiger partial charge < -0.3 is 61.7 Å². The molecule has 0 bridgehead atoms. The van der Waals surface area contributed by atoms with Gasteiger partial charge in [-0.3, -0.25) is 0 Å². The predicted octanol–water partition coefficient (Wildman–Crippen LogP) is -4.95. The Morgan fingerprint density at radius 3 is 2.29 bits per heavy atom. The van der Waals surface area contributed by atoms with Gasteiger partial charge >= 0.3 is 0 Å². The molecule has 12 heteroatoms. The van der Waals surface area contributed by atoms with Gasteiger partial charge in [0.1, 0.15) is 30.5 Å². The summed E-state index contributed by atoms with van der Waals surface area (Å²) in [6.45, 7) is -0.683. The van der Waals surface area contributed by atoms with Crippen molar-refractivity contribution in [3.05, 3.63) is 0 Å². The van der Waals surface area contributed by atoms with Gasteiger partial charge in [-0.2, -0.15) is 0 Å². The molecule has 28 heavy (non-hydrogen) atoms. The van der Waals surface area contributed by atoms with Gasteiger partial charge in [0.05, 0.1) is 31.5 Å². The summed E-state index contributed by atoms with van der Waals surface area (Å²) in [6.07, 6.45) is -9.05. The molecule has 3 aliphatic rings. The normalized spacial score (nSPS) is 52.7. The van der Waals surface area contributed by atoms with Crippen LogP contribution in [0.2, 0.25) is 0 Å². The number of aliphatic hydroxyl groups excluding tert-OH is 5. The number of hydrogen-bond donors (Lipinski definition) is 8. The summed E-state index contributed by atoms with van der Waals surface area (Å²) in [5.74, 6) is 0. The van der Waals surface area contributed by atoms with E-state index in [1.165, 1.54) is 0 Å². The Labute approximate surface area is 162 Å². The zero-order chi connectivity index (χ0) is 20.6. The average Bonchev–Trinajstić information content (AvgIpc) is 2.95. The smallest absolute Gasteiger partial charge is 0.187 e. The minimum atomic E-state index is -1.33. The van der Waals surface area contributed by atoms with Crippen LogP contribution in [-0.4, -0.2) is 112 Å². The van der Waals surface area contributed by atoms with E-state index in [-0.39, 0.29) is 12.6 Å². The maximum atomic E-state index is 10.6. The van der Waals surface area contributed by atoms with Crippen molar-refractivity contribution in [2.75, 3.05) is 13.2 Å². The summed E-state index contributed by atoms with van der Waals surface area (Å²) < 4.78 is 22.2. The van der Waals surface area contributed by atoms with Gasteiger partial charge in [-0.15, -0.1) is 0 Å². The van der Waals surface area contributed by atoms with Crippen molar-refractivity contribution >= 4 is 0 Å². The Hall–Kier alpha value is -0.480. The van der Waals surface area contributed by atoms with Crippen LogP contribution in [0, 0.1) is 0 Å². The third-order valence-electron chi connectivity index (χ3n) is 5.53. The summed E-state index contributed by atoms with van der Waals surface area (Å²) in [6, 6.07) is -1.88. The van der Waals surface area contributed by atoms with Crippen LogP contribution in [0.25, 0.3) is 0 Å². The third kappa shape index (κ3) is 4.48. The predicted molar refractivity (Wildman–Crippen MR) is 92.4 cm³/mol. The molecule has 0 spiro atoms. The molecule has 0 unspecified atom stereocenters. The first-order valence-corrected chi connectivity index (χ1v) is 9.40. The molecular weight excluding hydrogens is 378 g/mol. The van der Waals surface area contributed by atoms with Crippen LogP contribution in [0.1, 0.15) is 12.8 Å². The molecule has 11 N–H and O–H groups in total. The summed E-state index contributed by atoms with van der Waals surface area (Å²) >= 11 is 0. The van der Waals surface area contributed by atoms with Crippen LogP contribution < -0.4 is 17.2 Å². The molecule has 1 saturated carbocycles. The molecule has 0 aromatic carbocycles. The number of ether oxygens (including phenoxy) is 4. The van der Waals surface area contributed by atoms with E-state index >= 15 is 0 Å². The fraction of sp³-hybridized carbons (Fsp3) is 1.00. The fourth-order valence-electron chi connectivity index (χ4n) is 3.85. The minimum absolute atomic E-state index is 0.197. The van der Waals surface area contributed by atoms with Crippen LogP contribution in [0.5, 0.6) is 0 Å². The molecule has 2 saturated heterocycles. The molecular formula is C16H31N3O9. The van der Waals surface area contributed by atoms with E-state index in [1.54, 1.807) is 0 Å². The van der Waals surface area contributed by atoms with Crippen LogP contribution in [0.3, 0.4) is 0 Å². The van der Waals surface area contributed by atoms with E-state index in [1.807, 2.05) is 0 Å². The van der Waals surface area contributed by atoms with Gasteiger partial charge in [-0.05, 0) is 12.8 Å². The Kier molecular flexibility index (Phi) is 7.23. The highest BCUT2D eigenvalue weighted by molar-refractivity contribution is 4.95. The highest BCUT2D eigenvalue weighted by atomic mass is 16.7. The SMILES string of the molecule is N[C@H]1C[C@@H](N)[C@H](O)[C@@H](O[C@@H]2O[C@H](CO)[C@@H](O[C@H]3OC[C@@H](O)[C@H](O)[C@H]3N)[C@H]2O)C1. The highest BCUT2D eigenvalue weighted by Gasteiger charge is 2.50. The molecule has 2 heterocycles. The minimum Gasteiger partial charge on any atom is -0.394 e. The second-order valence-corrected chi connectivity index (χ2v) is 7.71. The largest absolute Gasteiger partial charge is 0.394 e. The molecule has 3 rings (SSSR count). The van der Waals surface area contributed by atoms with Gasteiger partial charge in [0.2, 0.25) is 0 Å². The standard InChI is InChI=1S/C16H31N3O9/c17-5-1-6(18)11(22)8(2-5)26-16-13(24)14(9(3-20)27-16)28-15-10(19)12(23)7(21)4-25-15/h5-16,20-24H,1-4,17-19H2/t5-,6+,7+,8-,9+,10+,11-,12-,13+,14+,15+,16+/m0/s1. The van der Waals surface area contributed by atoms with Gasteiger partial charge in [0, 0.05) is 12.1 Å². The highest BCUT2D eigenvalue weighted by Crippen LogP contribution is 2.31. The van der Waals surface area contributed by atoms with Crippen LogP contribution in [0.15, 0.2) is 0 Å². The van der Waals surface area contributed by atoms with Crippen molar-refractivity contribution in [2.24, 2.45) is 17.2 Å². The molecule has 0 aromatic rings. The summed E-state index contributed by atoms with van der Waals surface area (Å²) in [7, 11) is 0. The fourth-order valence-corrected chi connectivity index (χ4v) is 3.85. The van der Waals surface area contributed by atoms with Crippen molar-refractivity contribution in [3.63, 3.8) is 0 Å². The summed E-state index contributed by atoms with van der Waals surface area (Å²) in [5, 5.41) is 49.9. The van der Waals surface area contributed by atoms with Crippen molar-refractivity contribution in [2.45, 2.75) is 86.3 Å². The second kappa shape index (κ2) is 9.12. The lowest BCUT2D eigenvalue weighted by atomic mass is 9.87. The summed E-state index contributed by atoms with van der Waals surface area (Å²) in [5.41, 5.74) is 17.6. The van der Waals surface area contributed by atoms with Crippen molar-refractivity contribution in [3.8, 4) is 0 Å². The molecule has 12 atom stereocenters. The molecule has 0 amide bonds. The molecule has 0 radical (unpaired) electrons. The number of nitrogens with two attached hydrogens (primary N) is 3. The first-order valence-electron chi connectivity index (χ1n) is 9.40. The second-order valence-electron chi connectivity index (χ2n) is 7.71. The van der Waals surface area contributed by atoms with Crippen molar-refractivity contribution in [1.82, 2.24) is 0 Å². The van der Waals surface area contributed by atoms with Crippen molar-refractivity contribution in [1.29, 1.82) is 0 Å². The van der Waals surface area contributed by atoms with E-state index in [4.69, 9.17) is 36.1 Å². The lowest BCUT2D eigenvalue weighted by molar-refractivity contribution is -0.256. The van der Waals surface area contributed by atoms with E-state index in [0.717, 1.165) is 0 Å². The number of hydrogen-bond acceptors (Lipinski definition) is 12. The van der Waals surface area contributed by atoms with E-state index in [9.17, 15) is 25.5 Å². The monoisotopic (exact) mass is 409 g/mol. The molecule has 2 aliphatic heterocycles. The average molecular weight is 409 g/mol. The van der Waals surface area contributed by atoms with Gasteiger partial charge in [-0.1, -0.05) is 0 Å². The van der Waals surface area contributed by atoms with Crippen LogP contribution in [0.4, 0.5) is 0 Å². The summed E-state index contributed by atoms with van der Waals surface area (Å²) in [4.78, 5) is 0. The zero-order valence-electron chi connectivity index (χ0n) is 15.4. The van der Waals surface area contributed by atoms with Gasteiger partial charge in [0.15, 0.2) is 12.6 Å². The topological polar surface area (TPSA) is 216 Å². The van der Waals surface area contributed by atoms with E-state index < -0.39 is 74.0 Å². The molecule has 164 valence electrons. The first kappa shape index (κ1) is 22.2. The lowest BCUT2D eigenvalue weighted by Gasteiger charge is -2.38. The Balaban J connectivity index is 1.63. The van der Waals surface area contributed by atoms with Crippen LogP contribution in [-0.2, 0) is 18.9 Å². The van der Waals surface area contributed by atoms with Crippen molar-refractivity contribution < 1.29 is 44.5 Å². The van der Waals surface area contributed by atoms with E-state index in [0.29, 0.717) is 12.8 Å². The van der Waals surface area contributed by atoms with Gasteiger partial charge in [0.25, 0.3) is 0 Å². The quantitative estimate of drug-likeness (QED) is 0.214. The van der Waals surface area contributed by atoms with E-state index in [2.05, 4.69) is 0 Å². The third-order valence-corrected chi connectivity index (χ3v) is 5.53. The van der Waals surface area contributed by atoms with Crippen LogP contribution >= 0.6 is 0 Å². The number of aliphatic hydroxyl groups is 5. The molecule has 0 aromatic heterocycles. The maximum Gasteiger partial charge on any atom is 0.187 e. The molecule has 1 aliphatic carbocycles. The Bertz CT molecular complexity index is 518. The zero-order valence-corrected chi connectivity index (χ0v) is 15.4. The Morgan fingerprint density at radius 2 is 1.61 bits per heavy atom. The number of rotatable bonds is 5. The first-order chi connectivity index (χ1) is 13.2. The lowest BCUT2D eigenvalue weighted by Crippen LogP contribution is -2.60. The molecule has 3 fully saturated rings.